The average Bonchev–Trinajstić information content (AvgIpc) is 3.38. The molecule has 1 fully saturated rings. The Hall–Kier alpha value is -4.85. The number of unbranched alkanes of at least 4 members (excludes halogenated alkanes) is 1. The van der Waals surface area contributed by atoms with Crippen molar-refractivity contribution >= 4 is 35.1 Å². The highest BCUT2D eigenvalue weighted by Crippen LogP contribution is 2.25. The van der Waals surface area contributed by atoms with Crippen LogP contribution in [0.2, 0.25) is 0 Å². The van der Waals surface area contributed by atoms with Gasteiger partial charge in [-0.2, -0.15) is 0 Å². The third-order valence-electron chi connectivity index (χ3n) is 6.00. The summed E-state index contributed by atoms with van der Waals surface area (Å²) < 4.78 is 35.0. The van der Waals surface area contributed by atoms with Gasteiger partial charge in [-0.1, -0.05) is 24.6 Å². The van der Waals surface area contributed by atoms with E-state index >= 15 is 0 Å². The third-order valence-corrected chi connectivity index (χ3v) is 6.00. The first kappa shape index (κ1) is 29.1. The van der Waals surface area contributed by atoms with Gasteiger partial charge in [0.2, 0.25) is 6.10 Å². The van der Waals surface area contributed by atoms with Crippen LogP contribution in [0.4, 0.5) is 15.8 Å². The van der Waals surface area contributed by atoms with E-state index in [0.717, 1.165) is 19.4 Å². The molecule has 0 aliphatic carbocycles. The number of aromatic nitrogens is 2. The van der Waals surface area contributed by atoms with E-state index < -0.39 is 47.5 Å². The monoisotopic (exact) mass is 570 g/mol. The molecule has 4 rings (SSSR count). The molecule has 2 amide bonds. The molecule has 1 aliphatic rings. The minimum atomic E-state index is -1.72. The summed E-state index contributed by atoms with van der Waals surface area (Å²) in [5, 5.41) is 5.83. The largest absolute Gasteiger partial charge is 0.462 e. The highest BCUT2D eigenvalue weighted by atomic mass is 19.1. The normalized spacial score (nSPS) is 15.7. The Labute approximate surface area is 232 Å². The molecule has 2 aromatic carbocycles. The maximum atomic E-state index is 14.7. The van der Waals surface area contributed by atoms with Crippen LogP contribution < -0.4 is 16.0 Å². The quantitative estimate of drug-likeness (QED) is 0.273. The van der Waals surface area contributed by atoms with Gasteiger partial charge in [0.05, 0.1) is 24.3 Å². The van der Waals surface area contributed by atoms with Gasteiger partial charge >= 0.3 is 17.7 Å². The molecule has 41 heavy (non-hydrogen) atoms. The van der Waals surface area contributed by atoms with Crippen molar-refractivity contribution in [2.45, 2.75) is 38.9 Å². The number of nitrogens with zero attached hydrogens (tertiary/aromatic N) is 2. The van der Waals surface area contributed by atoms with Crippen LogP contribution >= 0.6 is 0 Å². The van der Waals surface area contributed by atoms with Gasteiger partial charge in [0, 0.05) is 24.8 Å². The molecule has 2 N–H and O–H groups in total. The molecule has 14 heteroatoms. The number of carbonyl (C=O) groups excluding carboxylic acids is 4. The first-order chi connectivity index (χ1) is 19.7. The Bertz CT molecular complexity index is 1500. The molecule has 0 bridgehead atoms. The summed E-state index contributed by atoms with van der Waals surface area (Å²) in [6, 6.07) is 9.75. The predicted molar refractivity (Wildman–Crippen MR) is 140 cm³/mol. The van der Waals surface area contributed by atoms with Crippen LogP contribution in [-0.4, -0.2) is 65.9 Å². The van der Waals surface area contributed by atoms with Gasteiger partial charge in [-0.15, -0.1) is 0 Å². The zero-order valence-corrected chi connectivity index (χ0v) is 22.2. The topological polar surface area (TPSA) is 170 Å². The van der Waals surface area contributed by atoms with Crippen molar-refractivity contribution in [3.8, 4) is 11.4 Å². The van der Waals surface area contributed by atoms with Crippen molar-refractivity contribution in [2.75, 3.05) is 30.0 Å². The lowest BCUT2D eigenvalue weighted by atomic mass is 10.1. The molecular weight excluding hydrogens is 543 g/mol. The van der Waals surface area contributed by atoms with Gasteiger partial charge in [-0.3, -0.25) is 23.9 Å². The molecule has 0 unspecified atom stereocenters. The van der Waals surface area contributed by atoms with E-state index in [1.807, 2.05) is 6.92 Å². The first-order valence-corrected chi connectivity index (χ1v) is 12.7. The van der Waals surface area contributed by atoms with E-state index in [1.165, 1.54) is 23.1 Å². The van der Waals surface area contributed by atoms with Crippen molar-refractivity contribution in [3.05, 3.63) is 64.4 Å². The molecule has 216 valence electrons. The van der Waals surface area contributed by atoms with E-state index in [4.69, 9.17) is 14.2 Å². The Balaban J connectivity index is 1.52. The molecular formula is C27H27FN4O9. The molecule has 1 saturated heterocycles. The van der Waals surface area contributed by atoms with Crippen molar-refractivity contribution < 1.29 is 42.3 Å². The lowest BCUT2D eigenvalue weighted by Crippen LogP contribution is -2.56. The molecule has 1 aliphatic heterocycles. The van der Waals surface area contributed by atoms with Crippen LogP contribution in [0.5, 0.6) is 0 Å². The summed E-state index contributed by atoms with van der Waals surface area (Å²) in [7, 11) is 0. The Kier molecular flexibility index (Phi) is 9.24. The van der Waals surface area contributed by atoms with Gasteiger partial charge in [-0.25, -0.2) is 14.0 Å². The zero-order valence-electron chi connectivity index (χ0n) is 22.2. The highest BCUT2D eigenvalue weighted by molar-refractivity contribution is 6.05. The number of hydrogen-bond acceptors (Lipinski definition) is 10. The SMILES string of the molecule is CCCCOC(=O)c1cccc(N2CCO[C@H]([C@@H](OC(C)=O)C(=O)Nc3ccc(-c4noc(=O)[nH]4)c(F)c3)C2=O)c1. The number of nitrogens with one attached hydrogen (secondary N) is 2. The van der Waals surface area contributed by atoms with Crippen molar-refractivity contribution in [2.24, 2.45) is 0 Å². The highest BCUT2D eigenvalue weighted by Gasteiger charge is 2.42. The fraction of sp³-hybridized carbons (Fsp3) is 0.333. The van der Waals surface area contributed by atoms with Crippen molar-refractivity contribution in [1.29, 1.82) is 0 Å². The summed E-state index contributed by atoms with van der Waals surface area (Å²) in [5.41, 5.74) is 0.472. The summed E-state index contributed by atoms with van der Waals surface area (Å²) in [4.78, 5) is 65.6. The molecule has 2 atom stereocenters. The van der Waals surface area contributed by atoms with Crippen LogP contribution in [0.1, 0.15) is 37.0 Å². The van der Waals surface area contributed by atoms with Gasteiger partial charge < -0.3 is 24.4 Å². The number of rotatable bonds is 10. The summed E-state index contributed by atoms with van der Waals surface area (Å²) in [5.74, 6) is -4.90. The second-order valence-corrected chi connectivity index (χ2v) is 8.98. The number of amides is 2. The fourth-order valence-corrected chi connectivity index (χ4v) is 4.05. The molecule has 0 spiro atoms. The predicted octanol–water partition coefficient (Wildman–Crippen LogP) is 2.43. The van der Waals surface area contributed by atoms with E-state index in [-0.39, 0.29) is 42.4 Å². The lowest BCUT2D eigenvalue weighted by Gasteiger charge is -2.35. The molecule has 0 radical (unpaired) electrons. The molecule has 1 aromatic heterocycles. The maximum absolute atomic E-state index is 14.7. The fourth-order valence-electron chi connectivity index (χ4n) is 4.05. The Morgan fingerprint density at radius 3 is 2.71 bits per heavy atom. The van der Waals surface area contributed by atoms with Crippen LogP contribution in [0.15, 0.2) is 51.8 Å². The average molecular weight is 571 g/mol. The second-order valence-electron chi connectivity index (χ2n) is 8.98. The number of morpholine rings is 1. The summed E-state index contributed by atoms with van der Waals surface area (Å²) >= 11 is 0. The van der Waals surface area contributed by atoms with E-state index in [2.05, 4.69) is 20.0 Å². The number of hydrogen-bond donors (Lipinski definition) is 2. The number of halogens is 1. The molecule has 3 aromatic rings. The smallest absolute Gasteiger partial charge is 0.439 e. The number of ether oxygens (including phenoxy) is 3. The first-order valence-electron chi connectivity index (χ1n) is 12.7. The number of anilines is 2. The van der Waals surface area contributed by atoms with Crippen molar-refractivity contribution in [1.82, 2.24) is 10.1 Å². The Morgan fingerprint density at radius 2 is 2.02 bits per heavy atom. The van der Waals surface area contributed by atoms with Gasteiger partial charge in [0.1, 0.15) is 5.82 Å². The lowest BCUT2D eigenvalue weighted by molar-refractivity contribution is -0.167. The number of H-pyrrole nitrogens is 1. The molecule has 13 nitrogen and oxygen atoms in total. The summed E-state index contributed by atoms with van der Waals surface area (Å²) in [6.45, 7) is 3.40. The minimum absolute atomic E-state index is 0.00808. The van der Waals surface area contributed by atoms with Crippen LogP contribution in [0, 0.1) is 5.82 Å². The number of carbonyl (C=O) groups is 4. The number of aromatic amines is 1. The minimum Gasteiger partial charge on any atom is -0.462 e. The summed E-state index contributed by atoms with van der Waals surface area (Å²) in [6.07, 6.45) is -1.68. The number of esters is 2. The van der Waals surface area contributed by atoms with E-state index in [1.54, 1.807) is 18.2 Å². The van der Waals surface area contributed by atoms with Crippen LogP contribution in [-0.2, 0) is 28.6 Å². The van der Waals surface area contributed by atoms with E-state index in [0.29, 0.717) is 12.1 Å². The zero-order chi connectivity index (χ0) is 29.5. The van der Waals surface area contributed by atoms with Crippen LogP contribution in [0.3, 0.4) is 0 Å². The standard InChI is InChI=1S/C27H27FN4O9/c1-3-4-11-39-26(36)16-6-5-7-18(13-16)32-10-12-38-22(25(32)35)21(40-15(2)33)24(34)29-17-8-9-19(20(28)14-17)23-30-27(37)41-31-23/h5-9,13-14,21-22H,3-4,10-12H2,1-2H3,(H,29,34)(H,30,31,37)/t21-,22-/m1/s1. The van der Waals surface area contributed by atoms with Gasteiger partial charge in [0.25, 0.3) is 11.8 Å². The van der Waals surface area contributed by atoms with Crippen LogP contribution in [0.25, 0.3) is 11.4 Å². The van der Waals surface area contributed by atoms with Gasteiger partial charge in [0.15, 0.2) is 11.9 Å². The second kappa shape index (κ2) is 13.0. The Morgan fingerprint density at radius 1 is 1.22 bits per heavy atom. The van der Waals surface area contributed by atoms with E-state index in [9.17, 15) is 28.4 Å². The number of benzene rings is 2. The molecule has 0 saturated carbocycles. The van der Waals surface area contributed by atoms with Gasteiger partial charge in [-0.05, 0) is 42.8 Å². The maximum Gasteiger partial charge on any atom is 0.439 e. The third kappa shape index (κ3) is 7.03. The van der Waals surface area contributed by atoms with Crippen molar-refractivity contribution in [3.63, 3.8) is 0 Å². The molecule has 2 heterocycles.